The zero-order valence-corrected chi connectivity index (χ0v) is 32.7. The third kappa shape index (κ3) is 6.42. The number of thiazole rings is 2. The van der Waals surface area contributed by atoms with E-state index in [2.05, 4.69) is 25.9 Å². The monoisotopic (exact) mass is 796 g/mol. The van der Waals surface area contributed by atoms with E-state index in [0.717, 1.165) is 44.4 Å². The SMILES string of the molecule is CC(=O)Nc1nc(N[C@H]2CC3CCC2C3)sc1C(=O)c1ccc2c(c1)OC(C13CCC(C1)[C@@H](Nc1nc(N)c(C(=O)c4ccc5c(c4)OCCCO5)s1)C3)CO2. The number of amides is 1. The molecule has 0 radical (unpaired) electrons. The normalized spacial score (nSPS) is 28.2. The standard InChI is InChI=1S/C41H44N6O7S2/c1-20(48)43-38-36(56-40(47-38)44-26-14-21-3-4-22(26)13-21)34(50)24-6-8-29-31(16-24)54-32(19-53-29)41-10-9-25(17-41)27(18-41)45-39-46-37(42)35(55-39)33(49)23-5-7-28-30(15-23)52-12-2-11-51-28/h5-8,15-16,21-22,25-27,32H,2-4,9-14,17-19,42H2,1H3,(H,43,48)(H,44,47)(H,45,46)/t21?,22?,25?,26-,27-,32?,41?/m0/s1. The highest BCUT2D eigenvalue weighted by atomic mass is 32.1. The second kappa shape index (κ2) is 13.9. The number of nitrogens with two attached hydrogens (primary N) is 1. The molecule has 10 rings (SSSR count). The van der Waals surface area contributed by atoms with Gasteiger partial charge in [0.15, 0.2) is 39.1 Å². The van der Waals surface area contributed by atoms with Gasteiger partial charge in [-0.25, -0.2) is 9.97 Å². The van der Waals surface area contributed by atoms with Gasteiger partial charge >= 0.3 is 0 Å². The molecular weight excluding hydrogens is 753 g/mol. The molecule has 15 heteroatoms. The molecule has 4 aliphatic carbocycles. The third-order valence-electron chi connectivity index (χ3n) is 12.8. The first-order valence-corrected chi connectivity index (χ1v) is 21.3. The summed E-state index contributed by atoms with van der Waals surface area (Å²) in [4.78, 5) is 49.7. The lowest BCUT2D eigenvalue weighted by Gasteiger charge is -2.40. The highest BCUT2D eigenvalue weighted by molar-refractivity contribution is 7.18. The smallest absolute Gasteiger partial charge is 0.222 e. The van der Waals surface area contributed by atoms with Crippen LogP contribution < -0.4 is 40.6 Å². The van der Waals surface area contributed by atoms with E-state index in [1.54, 1.807) is 36.4 Å². The molecule has 5 unspecified atom stereocenters. The maximum atomic E-state index is 14.1. The Morgan fingerprint density at radius 1 is 0.786 bits per heavy atom. The second-order valence-electron chi connectivity index (χ2n) is 16.3. The first kappa shape index (κ1) is 35.5. The van der Waals surface area contributed by atoms with E-state index < -0.39 is 0 Å². The summed E-state index contributed by atoms with van der Waals surface area (Å²) >= 11 is 2.56. The lowest BCUT2D eigenvalue weighted by molar-refractivity contribution is -0.114. The van der Waals surface area contributed by atoms with Crippen LogP contribution in [-0.4, -0.2) is 65.4 Å². The van der Waals surface area contributed by atoms with Crippen LogP contribution in [0.15, 0.2) is 36.4 Å². The lowest BCUT2D eigenvalue weighted by atomic mass is 9.77. The van der Waals surface area contributed by atoms with E-state index in [1.165, 1.54) is 48.9 Å². The summed E-state index contributed by atoms with van der Waals surface area (Å²) in [5.74, 6) is 3.91. The Bertz CT molecular complexity index is 2240. The highest BCUT2D eigenvalue weighted by Crippen LogP contribution is 2.58. The van der Waals surface area contributed by atoms with Crippen LogP contribution >= 0.6 is 22.7 Å². The summed E-state index contributed by atoms with van der Waals surface area (Å²) in [6, 6.07) is 11.0. The first-order valence-electron chi connectivity index (χ1n) is 19.7. The Kier molecular flexibility index (Phi) is 8.84. The molecule has 0 spiro atoms. The summed E-state index contributed by atoms with van der Waals surface area (Å²) in [7, 11) is 0. The quantitative estimate of drug-likeness (QED) is 0.119. The third-order valence-corrected chi connectivity index (χ3v) is 14.8. The van der Waals surface area contributed by atoms with Crippen LogP contribution in [0.25, 0.3) is 0 Å². The number of nitrogen functional groups attached to an aromatic ring is 1. The molecule has 292 valence electrons. The van der Waals surface area contributed by atoms with Crippen molar-refractivity contribution in [3.63, 3.8) is 0 Å². The van der Waals surface area contributed by atoms with E-state index >= 15 is 0 Å². The van der Waals surface area contributed by atoms with Crippen LogP contribution in [0.1, 0.15) is 95.2 Å². The van der Waals surface area contributed by atoms with Gasteiger partial charge in [0.2, 0.25) is 17.5 Å². The zero-order chi connectivity index (χ0) is 38.1. The predicted octanol–water partition coefficient (Wildman–Crippen LogP) is 7.17. The minimum atomic E-state index is -0.279. The molecule has 5 N–H and O–H groups in total. The van der Waals surface area contributed by atoms with Gasteiger partial charge in [-0.05, 0) is 99.1 Å². The predicted molar refractivity (Wildman–Crippen MR) is 213 cm³/mol. The maximum absolute atomic E-state index is 14.1. The van der Waals surface area contributed by atoms with Crippen LogP contribution in [0.2, 0.25) is 0 Å². The number of anilines is 4. The van der Waals surface area contributed by atoms with Gasteiger partial charge in [0.05, 0.1) is 13.2 Å². The fourth-order valence-electron chi connectivity index (χ4n) is 10.1. The summed E-state index contributed by atoms with van der Waals surface area (Å²) < 4.78 is 24.5. The molecule has 7 atom stereocenters. The number of hydrogen-bond acceptors (Lipinski definition) is 14. The summed E-state index contributed by atoms with van der Waals surface area (Å²) in [6.07, 6.45) is 9.32. The van der Waals surface area contributed by atoms with Gasteiger partial charge in [-0.3, -0.25) is 14.4 Å². The van der Waals surface area contributed by atoms with Crippen molar-refractivity contribution in [2.75, 3.05) is 41.5 Å². The van der Waals surface area contributed by atoms with Crippen LogP contribution in [0.4, 0.5) is 21.9 Å². The average molecular weight is 797 g/mol. The molecule has 2 aromatic carbocycles. The molecule has 4 bridgehead atoms. The van der Waals surface area contributed by atoms with Gasteiger partial charge in [-0.2, -0.15) is 0 Å². The van der Waals surface area contributed by atoms with E-state index in [1.807, 2.05) is 0 Å². The zero-order valence-electron chi connectivity index (χ0n) is 31.1. The van der Waals surface area contributed by atoms with Crippen LogP contribution in [0.5, 0.6) is 23.0 Å². The number of nitrogens with one attached hydrogen (secondary N) is 3. The number of fused-ring (bicyclic) bond motifs is 6. The van der Waals surface area contributed by atoms with E-state index in [0.29, 0.717) is 91.8 Å². The van der Waals surface area contributed by atoms with Crippen molar-refractivity contribution < 1.29 is 33.3 Å². The number of ether oxygens (including phenoxy) is 4. The molecule has 4 aromatic rings. The Morgan fingerprint density at radius 2 is 1.50 bits per heavy atom. The van der Waals surface area contributed by atoms with Crippen LogP contribution in [-0.2, 0) is 4.79 Å². The molecule has 2 aliphatic heterocycles. The Labute approximate surface area is 332 Å². The Morgan fingerprint density at radius 3 is 2.27 bits per heavy atom. The molecule has 6 aliphatic rings. The molecule has 0 saturated heterocycles. The molecule has 56 heavy (non-hydrogen) atoms. The average Bonchev–Trinajstić information content (AvgIpc) is 4.06. The number of benzene rings is 2. The van der Waals surface area contributed by atoms with Crippen molar-refractivity contribution in [2.45, 2.75) is 82.9 Å². The maximum Gasteiger partial charge on any atom is 0.222 e. The Balaban J connectivity index is 0.825. The minimum absolute atomic E-state index is 0.123. The van der Waals surface area contributed by atoms with Crippen molar-refractivity contribution in [3.8, 4) is 23.0 Å². The molecule has 4 fully saturated rings. The molecule has 1 amide bonds. The fraction of sp³-hybridized carbons (Fsp3) is 0.488. The minimum Gasteiger partial charge on any atom is -0.490 e. The number of carbonyl (C=O) groups is 3. The van der Waals surface area contributed by atoms with Gasteiger partial charge < -0.3 is 40.6 Å². The van der Waals surface area contributed by atoms with Gasteiger partial charge in [-0.15, -0.1) is 0 Å². The highest BCUT2D eigenvalue weighted by Gasteiger charge is 2.56. The van der Waals surface area contributed by atoms with E-state index in [4.69, 9.17) is 24.7 Å². The topological polar surface area (TPSA) is 176 Å². The summed E-state index contributed by atoms with van der Waals surface area (Å²) in [5, 5.41) is 11.3. The van der Waals surface area contributed by atoms with Gasteiger partial charge in [-0.1, -0.05) is 29.1 Å². The number of nitrogens with zero attached hydrogens (tertiary/aromatic N) is 2. The molecule has 4 heterocycles. The van der Waals surface area contributed by atoms with Crippen molar-refractivity contribution in [2.24, 2.45) is 23.2 Å². The second-order valence-corrected chi connectivity index (χ2v) is 18.3. The van der Waals surface area contributed by atoms with Crippen LogP contribution in [0, 0.1) is 23.2 Å². The van der Waals surface area contributed by atoms with E-state index in [-0.39, 0.29) is 46.7 Å². The molecule has 13 nitrogen and oxygen atoms in total. The number of ketones is 2. The summed E-state index contributed by atoms with van der Waals surface area (Å²) in [5.41, 5.74) is 7.12. The van der Waals surface area contributed by atoms with Crippen molar-refractivity contribution in [1.29, 1.82) is 0 Å². The fourth-order valence-corrected chi connectivity index (χ4v) is 11.9. The molecule has 2 aromatic heterocycles. The first-order chi connectivity index (χ1) is 27.2. The summed E-state index contributed by atoms with van der Waals surface area (Å²) in [6.45, 7) is 2.95. The van der Waals surface area contributed by atoms with Crippen molar-refractivity contribution in [1.82, 2.24) is 9.97 Å². The molecule has 4 saturated carbocycles. The van der Waals surface area contributed by atoms with E-state index in [9.17, 15) is 14.4 Å². The lowest BCUT2D eigenvalue weighted by Crippen LogP contribution is -2.44. The van der Waals surface area contributed by atoms with Gasteiger partial charge in [0.25, 0.3) is 0 Å². The number of hydrogen-bond donors (Lipinski definition) is 4. The Hall–Kier alpha value is -4.89. The van der Waals surface area contributed by atoms with Gasteiger partial charge in [0, 0.05) is 42.0 Å². The molecular formula is C41H44N6O7S2. The van der Waals surface area contributed by atoms with Crippen molar-refractivity contribution >= 4 is 62.0 Å². The number of carbonyl (C=O) groups excluding carboxylic acids is 3. The largest absolute Gasteiger partial charge is 0.490 e. The number of aromatic nitrogens is 2. The van der Waals surface area contributed by atoms with Crippen LogP contribution in [0.3, 0.4) is 0 Å². The van der Waals surface area contributed by atoms with Gasteiger partial charge in [0.1, 0.15) is 28.3 Å². The van der Waals surface area contributed by atoms with Crippen molar-refractivity contribution in [3.05, 3.63) is 57.3 Å². The number of rotatable bonds is 10.